The fourth-order valence-corrected chi connectivity index (χ4v) is 3.27. The van der Waals surface area contributed by atoms with E-state index in [0.717, 1.165) is 24.2 Å². The molecule has 0 aromatic heterocycles. The molecule has 1 fully saturated rings. The molecular weight excluding hydrogens is 218 g/mol. The third-order valence-electron chi connectivity index (χ3n) is 4.51. The second-order valence-corrected chi connectivity index (χ2v) is 6.27. The molecule has 0 aromatic carbocycles. The van der Waals surface area contributed by atoms with E-state index in [2.05, 4.69) is 32.0 Å². The zero-order valence-corrected chi connectivity index (χ0v) is 12.5. The summed E-state index contributed by atoms with van der Waals surface area (Å²) in [5.74, 6) is 5.54. The number of unbranched alkanes of at least 4 members (excludes halogenated alkanes) is 1. The Morgan fingerprint density at radius 1 is 1.28 bits per heavy atom. The van der Waals surface area contributed by atoms with Crippen LogP contribution in [0.3, 0.4) is 0 Å². The second-order valence-electron chi connectivity index (χ2n) is 6.27. The maximum Gasteiger partial charge on any atom is 0.00861 e. The highest BCUT2D eigenvalue weighted by Crippen LogP contribution is 2.37. The number of terminal acetylenes is 1. The van der Waals surface area contributed by atoms with Gasteiger partial charge in [-0.2, -0.15) is 0 Å². The van der Waals surface area contributed by atoms with Crippen LogP contribution in [-0.2, 0) is 0 Å². The van der Waals surface area contributed by atoms with Crippen LogP contribution in [-0.4, -0.2) is 12.6 Å². The molecule has 0 radical (unpaired) electrons. The van der Waals surface area contributed by atoms with E-state index in [1.807, 2.05) is 0 Å². The minimum Gasteiger partial charge on any atom is -0.314 e. The van der Waals surface area contributed by atoms with E-state index >= 15 is 0 Å². The molecule has 0 aliphatic heterocycles. The number of hydrogen-bond donors (Lipinski definition) is 1. The van der Waals surface area contributed by atoms with Gasteiger partial charge >= 0.3 is 0 Å². The van der Waals surface area contributed by atoms with Crippen molar-refractivity contribution in [2.75, 3.05) is 6.54 Å². The van der Waals surface area contributed by atoms with Crippen LogP contribution in [0.2, 0.25) is 0 Å². The Morgan fingerprint density at radius 2 is 2.06 bits per heavy atom. The third kappa shape index (κ3) is 5.44. The maximum atomic E-state index is 5.37. The van der Waals surface area contributed by atoms with E-state index in [0.29, 0.717) is 6.04 Å². The first-order chi connectivity index (χ1) is 8.67. The van der Waals surface area contributed by atoms with Gasteiger partial charge in [0.1, 0.15) is 0 Å². The molecule has 1 nitrogen and oxygen atoms in total. The van der Waals surface area contributed by atoms with Gasteiger partial charge in [-0.25, -0.2) is 0 Å². The summed E-state index contributed by atoms with van der Waals surface area (Å²) in [7, 11) is 0. The van der Waals surface area contributed by atoms with E-state index in [-0.39, 0.29) is 0 Å². The molecule has 0 bridgehead atoms. The van der Waals surface area contributed by atoms with E-state index in [1.165, 1.54) is 45.1 Å². The van der Waals surface area contributed by atoms with Crippen LogP contribution < -0.4 is 5.32 Å². The molecule has 1 rings (SSSR count). The van der Waals surface area contributed by atoms with Gasteiger partial charge in [0, 0.05) is 12.5 Å². The predicted octanol–water partition coefficient (Wildman–Crippen LogP) is 4.23. The average Bonchev–Trinajstić information content (AvgIpc) is 2.37. The zero-order valence-electron chi connectivity index (χ0n) is 12.5. The number of hydrogen-bond acceptors (Lipinski definition) is 1. The van der Waals surface area contributed by atoms with Crippen LogP contribution in [0.15, 0.2) is 0 Å². The summed E-state index contributed by atoms with van der Waals surface area (Å²) in [6.07, 6.45) is 14.5. The summed E-state index contributed by atoms with van der Waals surface area (Å²) in [4.78, 5) is 0. The van der Waals surface area contributed by atoms with E-state index in [1.54, 1.807) is 0 Å². The Labute approximate surface area is 114 Å². The summed E-state index contributed by atoms with van der Waals surface area (Å²) < 4.78 is 0. The first kappa shape index (κ1) is 15.6. The van der Waals surface area contributed by atoms with Crippen molar-refractivity contribution in [3.63, 3.8) is 0 Å². The molecule has 0 spiro atoms. The summed E-state index contributed by atoms with van der Waals surface area (Å²) in [5.41, 5.74) is 0. The molecule has 1 aliphatic carbocycles. The Balaban J connectivity index is 2.43. The molecule has 104 valence electrons. The summed E-state index contributed by atoms with van der Waals surface area (Å²) in [5, 5.41) is 3.63. The van der Waals surface area contributed by atoms with E-state index < -0.39 is 0 Å². The Morgan fingerprint density at radius 3 is 2.67 bits per heavy atom. The average molecular weight is 249 g/mol. The molecule has 1 saturated carbocycles. The van der Waals surface area contributed by atoms with Gasteiger partial charge in [-0.05, 0) is 50.0 Å². The third-order valence-corrected chi connectivity index (χ3v) is 4.51. The van der Waals surface area contributed by atoms with Crippen LogP contribution >= 0.6 is 0 Å². The second kappa shape index (κ2) is 8.59. The van der Waals surface area contributed by atoms with Crippen LogP contribution in [0.5, 0.6) is 0 Å². The molecule has 1 aliphatic rings. The smallest absolute Gasteiger partial charge is 0.00861 e. The SMILES string of the molecule is C#CCCCC1CC(CC)CCC1CNC(C)C. The predicted molar refractivity (Wildman–Crippen MR) is 80.4 cm³/mol. The molecule has 0 heterocycles. The van der Waals surface area contributed by atoms with Gasteiger partial charge in [-0.1, -0.05) is 33.6 Å². The summed E-state index contributed by atoms with van der Waals surface area (Å²) in [6, 6.07) is 0.611. The maximum absolute atomic E-state index is 5.37. The molecule has 0 aromatic rings. The minimum atomic E-state index is 0.611. The van der Waals surface area contributed by atoms with E-state index in [9.17, 15) is 0 Å². The summed E-state index contributed by atoms with van der Waals surface area (Å²) in [6.45, 7) is 8.03. The molecule has 1 heteroatoms. The molecule has 1 N–H and O–H groups in total. The Bertz CT molecular complexity index is 251. The fourth-order valence-electron chi connectivity index (χ4n) is 3.27. The molecule has 0 saturated heterocycles. The van der Waals surface area contributed by atoms with Crippen molar-refractivity contribution in [1.29, 1.82) is 0 Å². The van der Waals surface area contributed by atoms with Crippen molar-refractivity contribution < 1.29 is 0 Å². The minimum absolute atomic E-state index is 0.611. The molecule has 3 atom stereocenters. The first-order valence-electron chi connectivity index (χ1n) is 7.84. The molecular formula is C17H31N. The molecule has 3 unspecified atom stereocenters. The van der Waals surface area contributed by atoms with Gasteiger partial charge in [0.2, 0.25) is 0 Å². The van der Waals surface area contributed by atoms with Gasteiger partial charge in [-0.3, -0.25) is 0 Å². The monoisotopic (exact) mass is 249 g/mol. The van der Waals surface area contributed by atoms with E-state index in [4.69, 9.17) is 6.42 Å². The van der Waals surface area contributed by atoms with Crippen molar-refractivity contribution in [1.82, 2.24) is 5.32 Å². The fraction of sp³-hybridized carbons (Fsp3) is 0.882. The standard InChI is InChI=1S/C17H31N/c1-5-7-8-9-16-12-15(6-2)10-11-17(16)13-18-14(3)4/h1,14-18H,6-13H2,2-4H3. The lowest BCUT2D eigenvalue weighted by atomic mass is 9.71. The van der Waals surface area contributed by atoms with Gasteiger partial charge < -0.3 is 5.32 Å². The van der Waals surface area contributed by atoms with Crippen molar-refractivity contribution in [3.8, 4) is 12.3 Å². The number of rotatable bonds is 7. The summed E-state index contributed by atoms with van der Waals surface area (Å²) >= 11 is 0. The van der Waals surface area contributed by atoms with Gasteiger partial charge in [0.05, 0.1) is 0 Å². The highest BCUT2D eigenvalue weighted by molar-refractivity contribution is 4.86. The normalized spacial score (nSPS) is 28.3. The lowest BCUT2D eigenvalue weighted by Crippen LogP contribution is -2.36. The first-order valence-corrected chi connectivity index (χ1v) is 7.84. The number of nitrogens with one attached hydrogen (secondary N) is 1. The highest BCUT2D eigenvalue weighted by atomic mass is 14.9. The van der Waals surface area contributed by atoms with Gasteiger partial charge in [-0.15, -0.1) is 12.3 Å². The lowest BCUT2D eigenvalue weighted by molar-refractivity contribution is 0.159. The van der Waals surface area contributed by atoms with Crippen LogP contribution in [0.1, 0.15) is 65.7 Å². The highest BCUT2D eigenvalue weighted by Gasteiger charge is 2.29. The van der Waals surface area contributed by atoms with Crippen molar-refractivity contribution in [2.45, 2.75) is 71.8 Å². The van der Waals surface area contributed by atoms with Crippen molar-refractivity contribution >= 4 is 0 Å². The molecule has 0 amide bonds. The zero-order chi connectivity index (χ0) is 13.4. The Hall–Kier alpha value is -0.480. The van der Waals surface area contributed by atoms with Crippen molar-refractivity contribution in [2.24, 2.45) is 17.8 Å². The van der Waals surface area contributed by atoms with Gasteiger partial charge in [0.15, 0.2) is 0 Å². The van der Waals surface area contributed by atoms with Gasteiger partial charge in [0.25, 0.3) is 0 Å². The Kier molecular flexibility index (Phi) is 7.44. The topological polar surface area (TPSA) is 12.0 Å². The quantitative estimate of drug-likeness (QED) is 0.526. The van der Waals surface area contributed by atoms with Crippen LogP contribution in [0.25, 0.3) is 0 Å². The van der Waals surface area contributed by atoms with Crippen molar-refractivity contribution in [3.05, 3.63) is 0 Å². The van der Waals surface area contributed by atoms with Crippen LogP contribution in [0.4, 0.5) is 0 Å². The molecule has 18 heavy (non-hydrogen) atoms. The van der Waals surface area contributed by atoms with Crippen LogP contribution in [0, 0.1) is 30.1 Å². The largest absolute Gasteiger partial charge is 0.314 e. The lowest BCUT2D eigenvalue weighted by Gasteiger charge is -2.36.